The van der Waals surface area contributed by atoms with Gasteiger partial charge < -0.3 is 15.0 Å². The lowest BCUT2D eigenvalue weighted by atomic mass is 9.88. The zero-order valence-electron chi connectivity index (χ0n) is 14.7. The molecule has 1 fully saturated rings. The van der Waals surface area contributed by atoms with Crippen LogP contribution in [-0.4, -0.2) is 54.8 Å². The second kappa shape index (κ2) is 7.79. The van der Waals surface area contributed by atoms with Crippen molar-refractivity contribution < 1.29 is 9.53 Å². The molecule has 2 aliphatic rings. The van der Waals surface area contributed by atoms with Gasteiger partial charge in [0.1, 0.15) is 0 Å². The SMILES string of the molecule is CSC1(CNC(=O)N(C)[C@H]2CCc3ccccc3C2)CCOCC1. The largest absolute Gasteiger partial charge is 0.381 e. The Labute approximate surface area is 149 Å². The number of hydrogen-bond acceptors (Lipinski definition) is 3. The van der Waals surface area contributed by atoms with E-state index < -0.39 is 0 Å². The number of ether oxygens (including phenoxy) is 1. The quantitative estimate of drug-likeness (QED) is 0.909. The fraction of sp³-hybridized carbons (Fsp3) is 0.632. The number of hydrogen-bond donors (Lipinski definition) is 1. The van der Waals surface area contributed by atoms with Crippen LogP contribution in [0.1, 0.15) is 30.4 Å². The Hall–Kier alpha value is -1.20. The summed E-state index contributed by atoms with van der Waals surface area (Å²) < 4.78 is 5.61. The molecule has 1 aromatic rings. The Morgan fingerprint density at radius 1 is 1.33 bits per heavy atom. The molecule has 1 aliphatic heterocycles. The van der Waals surface area contributed by atoms with Crippen molar-refractivity contribution in [2.75, 3.05) is 33.1 Å². The zero-order chi connectivity index (χ0) is 17.0. The number of carbonyl (C=O) groups excluding carboxylic acids is 1. The van der Waals surface area contributed by atoms with Crippen molar-refractivity contribution in [2.24, 2.45) is 0 Å². The van der Waals surface area contributed by atoms with E-state index in [1.807, 2.05) is 23.7 Å². The summed E-state index contributed by atoms with van der Waals surface area (Å²) in [5.74, 6) is 0. The molecule has 5 heteroatoms. The van der Waals surface area contributed by atoms with E-state index in [1.54, 1.807) is 0 Å². The number of fused-ring (bicyclic) bond motifs is 1. The Balaban J connectivity index is 1.55. The molecule has 1 aromatic carbocycles. The molecule has 0 bridgehead atoms. The van der Waals surface area contributed by atoms with Crippen molar-refractivity contribution in [1.29, 1.82) is 0 Å². The molecule has 1 N–H and O–H groups in total. The first-order chi connectivity index (χ1) is 11.6. The Kier molecular flexibility index (Phi) is 5.72. The number of nitrogens with zero attached hydrogens (tertiary/aromatic N) is 1. The van der Waals surface area contributed by atoms with E-state index in [1.165, 1.54) is 11.1 Å². The number of benzene rings is 1. The molecule has 0 spiro atoms. The molecular weight excluding hydrogens is 320 g/mol. The molecule has 3 rings (SSSR count). The van der Waals surface area contributed by atoms with Gasteiger partial charge in [-0.1, -0.05) is 24.3 Å². The van der Waals surface area contributed by atoms with E-state index in [-0.39, 0.29) is 10.8 Å². The third-order valence-electron chi connectivity index (χ3n) is 5.59. The third-order valence-corrected chi connectivity index (χ3v) is 7.01. The number of likely N-dealkylation sites (N-methyl/N-ethyl adjacent to an activating group) is 1. The van der Waals surface area contributed by atoms with Gasteiger partial charge in [-0.3, -0.25) is 0 Å². The van der Waals surface area contributed by atoms with Crippen LogP contribution < -0.4 is 5.32 Å². The Morgan fingerprint density at radius 3 is 2.75 bits per heavy atom. The predicted octanol–water partition coefficient (Wildman–Crippen LogP) is 3.10. The topological polar surface area (TPSA) is 41.6 Å². The second-order valence-electron chi connectivity index (χ2n) is 6.93. The first kappa shape index (κ1) is 17.6. The van der Waals surface area contributed by atoms with Crippen LogP contribution >= 0.6 is 11.8 Å². The van der Waals surface area contributed by atoms with E-state index in [2.05, 4.69) is 35.8 Å². The van der Waals surface area contributed by atoms with Gasteiger partial charge >= 0.3 is 6.03 Å². The van der Waals surface area contributed by atoms with Crippen LogP contribution in [0, 0.1) is 0 Å². The number of aryl methyl sites for hydroxylation is 1. The fourth-order valence-electron chi connectivity index (χ4n) is 3.73. The maximum atomic E-state index is 12.6. The van der Waals surface area contributed by atoms with Crippen molar-refractivity contribution in [3.05, 3.63) is 35.4 Å². The van der Waals surface area contributed by atoms with Gasteiger partial charge in [0.2, 0.25) is 0 Å². The maximum Gasteiger partial charge on any atom is 0.317 e. The summed E-state index contributed by atoms with van der Waals surface area (Å²) in [6, 6.07) is 8.94. The molecule has 0 aromatic heterocycles. The van der Waals surface area contributed by atoms with Gasteiger partial charge in [-0.15, -0.1) is 0 Å². The summed E-state index contributed by atoms with van der Waals surface area (Å²) in [5.41, 5.74) is 2.82. The van der Waals surface area contributed by atoms with Gasteiger partial charge in [-0.25, -0.2) is 4.79 Å². The molecule has 4 nitrogen and oxygen atoms in total. The Morgan fingerprint density at radius 2 is 2.04 bits per heavy atom. The summed E-state index contributed by atoms with van der Waals surface area (Å²) in [6.45, 7) is 2.32. The molecule has 0 radical (unpaired) electrons. The molecule has 0 saturated carbocycles. The normalized spacial score (nSPS) is 22.5. The van der Waals surface area contributed by atoms with Crippen LogP contribution in [-0.2, 0) is 17.6 Å². The van der Waals surface area contributed by atoms with Gasteiger partial charge in [-0.2, -0.15) is 11.8 Å². The highest BCUT2D eigenvalue weighted by molar-refractivity contribution is 8.00. The monoisotopic (exact) mass is 348 g/mol. The lowest BCUT2D eigenvalue weighted by Crippen LogP contribution is -2.50. The molecule has 1 saturated heterocycles. The number of urea groups is 1. The van der Waals surface area contributed by atoms with E-state index in [0.29, 0.717) is 6.04 Å². The van der Waals surface area contributed by atoms with Crippen LogP contribution in [0.5, 0.6) is 0 Å². The van der Waals surface area contributed by atoms with Crippen molar-refractivity contribution in [3.8, 4) is 0 Å². The summed E-state index contributed by atoms with van der Waals surface area (Å²) in [7, 11) is 1.93. The van der Waals surface area contributed by atoms with Crippen LogP contribution in [0.25, 0.3) is 0 Å². The highest BCUT2D eigenvalue weighted by Crippen LogP contribution is 2.33. The minimum atomic E-state index is 0.0549. The molecule has 1 heterocycles. The molecule has 24 heavy (non-hydrogen) atoms. The van der Waals surface area contributed by atoms with E-state index in [4.69, 9.17) is 4.74 Å². The summed E-state index contributed by atoms with van der Waals surface area (Å²) in [6.07, 6.45) is 7.22. The smallest absolute Gasteiger partial charge is 0.317 e. The molecular formula is C19H28N2O2S. The van der Waals surface area contributed by atoms with Crippen LogP contribution in [0.2, 0.25) is 0 Å². The van der Waals surface area contributed by atoms with Crippen LogP contribution in [0.15, 0.2) is 24.3 Å². The van der Waals surface area contributed by atoms with Crippen molar-refractivity contribution in [3.63, 3.8) is 0 Å². The lowest BCUT2D eigenvalue weighted by Gasteiger charge is -2.37. The summed E-state index contributed by atoms with van der Waals surface area (Å²) in [4.78, 5) is 14.5. The van der Waals surface area contributed by atoms with Gasteiger partial charge in [0.15, 0.2) is 0 Å². The average molecular weight is 349 g/mol. The van der Waals surface area contributed by atoms with Crippen molar-refractivity contribution >= 4 is 17.8 Å². The highest BCUT2D eigenvalue weighted by atomic mass is 32.2. The minimum Gasteiger partial charge on any atom is -0.381 e. The van der Waals surface area contributed by atoms with E-state index in [9.17, 15) is 4.79 Å². The molecule has 0 unspecified atom stereocenters. The van der Waals surface area contributed by atoms with E-state index in [0.717, 1.165) is 51.9 Å². The van der Waals surface area contributed by atoms with Gasteiger partial charge in [-0.05, 0) is 49.5 Å². The highest BCUT2D eigenvalue weighted by Gasteiger charge is 2.33. The van der Waals surface area contributed by atoms with Crippen LogP contribution in [0.3, 0.4) is 0 Å². The van der Waals surface area contributed by atoms with Gasteiger partial charge in [0.05, 0.1) is 0 Å². The number of amides is 2. The zero-order valence-corrected chi connectivity index (χ0v) is 15.5. The van der Waals surface area contributed by atoms with Gasteiger partial charge in [0.25, 0.3) is 0 Å². The van der Waals surface area contributed by atoms with Gasteiger partial charge in [0, 0.05) is 37.6 Å². The maximum absolute atomic E-state index is 12.6. The van der Waals surface area contributed by atoms with Crippen LogP contribution in [0.4, 0.5) is 4.79 Å². The van der Waals surface area contributed by atoms with E-state index >= 15 is 0 Å². The number of rotatable bonds is 4. The lowest BCUT2D eigenvalue weighted by molar-refractivity contribution is 0.0771. The molecule has 132 valence electrons. The molecule has 1 aliphatic carbocycles. The number of carbonyl (C=O) groups is 1. The second-order valence-corrected chi connectivity index (χ2v) is 8.21. The standard InChI is InChI=1S/C19H28N2O2S/c1-21(17-8-7-15-5-3-4-6-16(15)13-17)18(22)20-14-19(24-2)9-11-23-12-10-19/h3-6,17H,7-14H2,1-2H3,(H,20,22)/t17-/m0/s1. The summed E-state index contributed by atoms with van der Waals surface area (Å²) >= 11 is 1.86. The third kappa shape index (κ3) is 3.89. The first-order valence-electron chi connectivity index (χ1n) is 8.84. The average Bonchev–Trinajstić information content (AvgIpc) is 2.66. The van der Waals surface area contributed by atoms with Crippen molar-refractivity contribution in [2.45, 2.75) is 42.9 Å². The summed E-state index contributed by atoms with van der Waals surface area (Å²) in [5, 5.41) is 3.18. The Bertz CT molecular complexity index is 572. The number of thioether (sulfide) groups is 1. The predicted molar refractivity (Wildman–Crippen MR) is 99.7 cm³/mol. The molecule has 1 atom stereocenters. The minimum absolute atomic E-state index is 0.0549. The fourth-order valence-corrected chi connectivity index (χ4v) is 4.52. The number of nitrogens with one attached hydrogen (secondary N) is 1. The molecule has 2 amide bonds. The first-order valence-corrected chi connectivity index (χ1v) is 10.1. The van der Waals surface area contributed by atoms with Crippen molar-refractivity contribution in [1.82, 2.24) is 10.2 Å².